The Balaban J connectivity index is 2.94. The molecule has 1 rings (SSSR count). The lowest BCUT2D eigenvalue weighted by Crippen LogP contribution is -2.64. The minimum Gasteiger partial charge on any atom is -0.480 e. The Labute approximate surface area is 84.6 Å². The fraction of sp³-hybridized carbons (Fsp3) is 0.875. The quantitative estimate of drug-likeness (QED) is 0.755. The summed E-state index contributed by atoms with van der Waals surface area (Å²) in [6.07, 6.45) is -4.80. The van der Waals surface area contributed by atoms with E-state index in [1.165, 1.54) is 0 Å². The highest BCUT2D eigenvalue weighted by molar-refractivity contribution is 5.79. The smallest absolute Gasteiger partial charge is 0.417 e. The second-order valence-electron chi connectivity index (χ2n) is 3.47. The van der Waals surface area contributed by atoms with Crippen LogP contribution in [-0.2, 0) is 9.53 Å². The van der Waals surface area contributed by atoms with Gasteiger partial charge < -0.3 is 9.84 Å². The van der Waals surface area contributed by atoms with Gasteiger partial charge in [0.05, 0.1) is 13.2 Å². The van der Waals surface area contributed by atoms with Crippen molar-refractivity contribution in [3.05, 3.63) is 0 Å². The molecule has 1 atom stereocenters. The predicted octanol–water partition coefficient (Wildman–Crippen LogP) is 0.724. The summed E-state index contributed by atoms with van der Waals surface area (Å²) in [6, 6.07) is 0. The maximum atomic E-state index is 12.7. The monoisotopic (exact) mass is 227 g/mol. The Morgan fingerprint density at radius 1 is 1.33 bits per heavy atom. The lowest BCUT2D eigenvalue weighted by molar-refractivity contribution is -0.239. The number of carboxylic acids is 1. The van der Waals surface area contributed by atoms with Gasteiger partial charge >= 0.3 is 12.1 Å². The first-order valence-electron chi connectivity index (χ1n) is 4.43. The largest absolute Gasteiger partial charge is 0.480 e. The molecule has 0 saturated carbocycles. The van der Waals surface area contributed by atoms with E-state index in [2.05, 4.69) is 0 Å². The van der Waals surface area contributed by atoms with Gasteiger partial charge in [-0.15, -0.1) is 0 Å². The highest BCUT2D eigenvalue weighted by Crippen LogP contribution is 2.35. The first-order valence-corrected chi connectivity index (χ1v) is 4.43. The Morgan fingerprint density at radius 2 is 1.80 bits per heavy atom. The number of aliphatic carboxylic acids is 1. The van der Waals surface area contributed by atoms with E-state index in [9.17, 15) is 18.0 Å². The highest BCUT2D eigenvalue weighted by Gasteiger charge is 2.61. The van der Waals surface area contributed by atoms with E-state index in [4.69, 9.17) is 9.84 Å². The average Bonchev–Trinajstić information content (AvgIpc) is 2.16. The number of halogens is 3. The summed E-state index contributed by atoms with van der Waals surface area (Å²) in [4.78, 5) is 11.7. The molecular weight excluding hydrogens is 215 g/mol. The van der Waals surface area contributed by atoms with Crippen LogP contribution in [0.1, 0.15) is 6.92 Å². The molecule has 7 heteroatoms. The third-order valence-electron chi connectivity index (χ3n) is 2.61. The minimum absolute atomic E-state index is 0.0255. The maximum absolute atomic E-state index is 12.7. The van der Waals surface area contributed by atoms with E-state index >= 15 is 0 Å². The molecule has 0 aromatic heterocycles. The van der Waals surface area contributed by atoms with Crippen molar-refractivity contribution >= 4 is 5.97 Å². The first-order chi connectivity index (χ1) is 6.80. The standard InChI is InChI=1S/C8H12F3NO3/c1-7(6(13)14,8(9,10)11)12-2-4-15-5-3-12/h2-5H2,1H3,(H,13,14). The van der Waals surface area contributed by atoms with Gasteiger partial charge in [0.2, 0.25) is 5.54 Å². The molecule has 0 radical (unpaired) electrons. The van der Waals surface area contributed by atoms with Crippen molar-refractivity contribution in [1.82, 2.24) is 4.90 Å². The Hall–Kier alpha value is -0.820. The summed E-state index contributed by atoms with van der Waals surface area (Å²) >= 11 is 0. The van der Waals surface area contributed by atoms with E-state index in [1.54, 1.807) is 0 Å². The summed E-state index contributed by atoms with van der Waals surface area (Å²) < 4.78 is 42.9. The first kappa shape index (κ1) is 12.3. The van der Waals surface area contributed by atoms with Gasteiger partial charge in [0.1, 0.15) is 0 Å². The summed E-state index contributed by atoms with van der Waals surface area (Å²) in [5.41, 5.74) is -2.82. The van der Waals surface area contributed by atoms with Crippen molar-refractivity contribution < 1.29 is 27.8 Å². The fourth-order valence-electron chi connectivity index (χ4n) is 1.45. The van der Waals surface area contributed by atoms with Crippen molar-refractivity contribution in [1.29, 1.82) is 0 Å². The SMILES string of the molecule is CC(C(=O)O)(N1CCOCC1)C(F)(F)F. The molecule has 15 heavy (non-hydrogen) atoms. The number of morpholine rings is 1. The molecule has 0 amide bonds. The topological polar surface area (TPSA) is 49.8 Å². The number of nitrogens with zero attached hydrogens (tertiary/aromatic N) is 1. The van der Waals surface area contributed by atoms with Crippen LogP contribution in [0.25, 0.3) is 0 Å². The molecule has 1 saturated heterocycles. The summed E-state index contributed by atoms with van der Waals surface area (Å²) in [6.45, 7) is 0.878. The van der Waals surface area contributed by atoms with E-state index in [1.807, 2.05) is 0 Å². The van der Waals surface area contributed by atoms with Crippen LogP contribution < -0.4 is 0 Å². The Kier molecular flexibility index (Phi) is 3.25. The van der Waals surface area contributed by atoms with Crippen molar-refractivity contribution in [2.24, 2.45) is 0 Å². The molecule has 4 nitrogen and oxygen atoms in total. The molecule has 0 aromatic carbocycles. The maximum Gasteiger partial charge on any atom is 0.417 e. The zero-order valence-electron chi connectivity index (χ0n) is 8.17. The third kappa shape index (κ3) is 2.07. The van der Waals surface area contributed by atoms with Gasteiger partial charge in [-0.1, -0.05) is 0 Å². The molecule has 1 aliphatic rings. The van der Waals surface area contributed by atoms with Crippen molar-refractivity contribution in [2.45, 2.75) is 18.6 Å². The number of hydrogen-bond donors (Lipinski definition) is 1. The van der Waals surface area contributed by atoms with Crippen LogP contribution in [0.2, 0.25) is 0 Å². The molecule has 1 N–H and O–H groups in total. The normalized spacial score (nSPS) is 23.5. The van der Waals surface area contributed by atoms with Gasteiger partial charge in [-0.3, -0.25) is 4.90 Å². The summed E-state index contributed by atoms with van der Waals surface area (Å²) in [7, 11) is 0. The summed E-state index contributed by atoms with van der Waals surface area (Å²) in [5, 5.41) is 8.72. The average molecular weight is 227 g/mol. The van der Waals surface area contributed by atoms with Crippen LogP contribution in [0.4, 0.5) is 13.2 Å². The van der Waals surface area contributed by atoms with E-state index < -0.39 is 17.7 Å². The molecule has 0 aromatic rings. The zero-order chi connectivity index (χ0) is 11.7. The van der Waals surface area contributed by atoms with Crippen LogP contribution in [0.3, 0.4) is 0 Å². The van der Waals surface area contributed by atoms with Crippen molar-refractivity contribution in [3.63, 3.8) is 0 Å². The number of alkyl halides is 3. The number of ether oxygens (including phenoxy) is 1. The molecule has 0 bridgehead atoms. The number of hydrogen-bond acceptors (Lipinski definition) is 3. The van der Waals surface area contributed by atoms with Gasteiger partial charge in [-0.25, -0.2) is 4.79 Å². The molecule has 88 valence electrons. The van der Waals surface area contributed by atoms with Crippen LogP contribution in [0.15, 0.2) is 0 Å². The van der Waals surface area contributed by atoms with Crippen LogP contribution in [-0.4, -0.2) is 54.0 Å². The lowest BCUT2D eigenvalue weighted by atomic mass is 9.99. The van der Waals surface area contributed by atoms with E-state index in [-0.39, 0.29) is 26.3 Å². The summed E-state index contributed by atoms with van der Waals surface area (Å²) in [5.74, 6) is -1.88. The van der Waals surface area contributed by atoms with Crippen LogP contribution in [0, 0.1) is 0 Å². The molecule has 1 unspecified atom stereocenters. The number of rotatable bonds is 2. The molecule has 1 aliphatic heterocycles. The van der Waals surface area contributed by atoms with E-state index in [0.29, 0.717) is 6.92 Å². The Morgan fingerprint density at radius 3 is 2.13 bits per heavy atom. The molecule has 0 aliphatic carbocycles. The molecule has 1 heterocycles. The van der Waals surface area contributed by atoms with Crippen LogP contribution >= 0.6 is 0 Å². The Bertz CT molecular complexity index is 250. The third-order valence-corrected chi connectivity index (χ3v) is 2.61. The van der Waals surface area contributed by atoms with Gasteiger partial charge in [-0.05, 0) is 6.92 Å². The number of carboxylic acid groups (broad SMARTS) is 1. The van der Waals surface area contributed by atoms with Crippen LogP contribution in [0.5, 0.6) is 0 Å². The van der Waals surface area contributed by atoms with Gasteiger partial charge in [0.15, 0.2) is 0 Å². The highest BCUT2D eigenvalue weighted by atomic mass is 19.4. The lowest BCUT2D eigenvalue weighted by Gasteiger charge is -2.40. The predicted molar refractivity (Wildman–Crippen MR) is 44.5 cm³/mol. The second kappa shape index (κ2) is 3.97. The van der Waals surface area contributed by atoms with E-state index in [0.717, 1.165) is 4.90 Å². The number of carbonyl (C=O) groups is 1. The van der Waals surface area contributed by atoms with Crippen molar-refractivity contribution in [2.75, 3.05) is 26.3 Å². The second-order valence-corrected chi connectivity index (χ2v) is 3.47. The molecule has 0 spiro atoms. The van der Waals surface area contributed by atoms with Crippen molar-refractivity contribution in [3.8, 4) is 0 Å². The van der Waals surface area contributed by atoms with Gasteiger partial charge in [0.25, 0.3) is 0 Å². The molecular formula is C8H12F3NO3. The molecule has 1 fully saturated rings. The fourth-order valence-corrected chi connectivity index (χ4v) is 1.45. The van der Waals surface area contributed by atoms with Gasteiger partial charge in [0, 0.05) is 13.1 Å². The van der Waals surface area contributed by atoms with Gasteiger partial charge in [-0.2, -0.15) is 13.2 Å². The minimum atomic E-state index is -4.80. The zero-order valence-corrected chi connectivity index (χ0v) is 8.17.